The largest absolute Gasteiger partial charge is 0.355 e. The number of likely N-dealkylation sites (N-methyl/N-ethyl adjacent to an activating group) is 1. The van der Waals surface area contributed by atoms with E-state index in [1.807, 2.05) is 18.5 Å². The summed E-state index contributed by atoms with van der Waals surface area (Å²) >= 11 is 0. The molecular formula is C19H37IN8O2S. The number of halogens is 1. The number of aliphatic imine (C=N–C) groups is 1. The molecule has 0 amide bonds. The van der Waals surface area contributed by atoms with Crippen LogP contribution in [0.2, 0.25) is 0 Å². The molecule has 2 N–H and O–H groups in total. The summed E-state index contributed by atoms with van der Waals surface area (Å²) in [4.78, 5) is 7.20. The van der Waals surface area contributed by atoms with Gasteiger partial charge in [-0.1, -0.05) is 6.92 Å². The van der Waals surface area contributed by atoms with Crippen LogP contribution in [0.15, 0.2) is 4.99 Å². The number of hydrogen-bond acceptors (Lipinski definition) is 6. The first kappa shape index (κ1) is 26.3. The quantitative estimate of drug-likeness (QED) is 0.270. The molecule has 2 saturated heterocycles. The Kier molecular flexibility index (Phi) is 9.96. The SMILES string of the molecule is CCN1CCCC1CNC(=NCc1nnc(C)n1C)NC[C@H]1CCCN1S(C)(=O)=O.I. The highest BCUT2D eigenvalue weighted by Crippen LogP contribution is 2.19. The Labute approximate surface area is 203 Å². The fourth-order valence-electron chi connectivity index (χ4n) is 4.33. The van der Waals surface area contributed by atoms with Crippen molar-refractivity contribution in [2.75, 3.05) is 39.0 Å². The zero-order valence-corrected chi connectivity index (χ0v) is 22.2. The van der Waals surface area contributed by atoms with Crippen LogP contribution < -0.4 is 10.6 Å². The van der Waals surface area contributed by atoms with E-state index in [9.17, 15) is 8.42 Å². The molecule has 31 heavy (non-hydrogen) atoms. The number of nitrogens with zero attached hydrogens (tertiary/aromatic N) is 6. The number of hydrogen-bond donors (Lipinski definition) is 2. The predicted molar refractivity (Wildman–Crippen MR) is 133 cm³/mol. The third-order valence-corrected chi connectivity index (χ3v) is 7.56. The van der Waals surface area contributed by atoms with Crippen molar-refractivity contribution < 1.29 is 8.42 Å². The molecule has 2 fully saturated rings. The number of sulfonamides is 1. The van der Waals surface area contributed by atoms with E-state index in [0.29, 0.717) is 31.6 Å². The molecule has 1 unspecified atom stereocenters. The van der Waals surface area contributed by atoms with Crippen LogP contribution in [0.4, 0.5) is 0 Å². The molecule has 0 spiro atoms. The maximum Gasteiger partial charge on any atom is 0.211 e. The summed E-state index contributed by atoms with van der Waals surface area (Å²) < 4.78 is 27.6. The number of nitrogens with one attached hydrogen (secondary N) is 2. The molecule has 0 bridgehead atoms. The topological polar surface area (TPSA) is 108 Å². The van der Waals surface area contributed by atoms with Gasteiger partial charge in [0.2, 0.25) is 10.0 Å². The van der Waals surface area contributed by atoms with Crippen molar-refractivity contribution in [1.82, 2.24) is 34.6 Å². The smallest absolute Gasteiger partial charge is 0.211 e. The Balaban J connectivity index is 0.00000341. The van der Waals surface area contributed by atoms with Gasteiger partial charge in [0, 0.05) is 38.8 Å². The molecule has 10 nitrogen and oxygen atoms in total. The van der Waals surface area contributed by atoms with Crippen molar-refractivity contribution in [1.29, 1.82) is 0 Å². The minimum atomic E-state index is -3.19. The van der Waals surface area contributed by atoms with E-state index in [1.165, 1.54) is 19.1 Å². The molecule has 2 aliphatic heterocycles. The lowest BCUT2D eigenvalue weighted by Crippen LogP contribution is -2.49. The normalized spacial score (nSPS) is 23.2. The van der Waals surface area contributed by atoms with Crippen LogP contribution in [-0.4, -0.2) is 89.4 Å². The fraction of sp³-hybridized carbons (Fsp3) is 0.842. The zero-order valence-electron chi connectivity index (χ0n) is 19.0. The van der Waals surface area contributed by atoms with Crippen molar-refractivity contribution in [3.05, 3.63) is 11.6 Å². The Morgan fingerprint density at radius 2 is 1.77 bits per heavy atom. The molecule has 178 valence electrons. The summed E-state index contributed by atoms with van der Waals surface area (Å²) in [6.07, 6.45) is 5.45. The number of rotatable bonds is 8. The van der Waals surface area contributed by atoms with Gasteiger partial charge in [-0.15, -0.1) is 34.2 Å². The van der Waals surface area contributed by atoms with Crippen molar-refractivity contribution in [3.63, 3.8) is 0 Å². The van der Waals surface area contributed by atoms with E-state index in [0.717, 1.165) is 44.1 Å². The molecule has 12 heteroatoms. The maximum atomic E-state index is 12.0. The van der Waals surface area contributed by atoms with E-state index in [-0.39, 0.29) is 30.0 Å². The minimum absolute atomic E-state index is 0. The van der Waals surface area contributed by atoms with Gasteiger partial charge in [-0.3, -0.25) is 4.90 Å². The van der Waals surface area contributed by atoms with Gasteiger partial charge in [0.05, 0.1) is 6.26 Å². The van der Waals surface area contributed by atoms with Gasteiger partial charge in [-0.05, 0) is 45.7 Å². The van der Waals surface area contributed by atoms with Gasteiger partial charge in [-0.25, -0.2) is 13.4 Å². The van der Waals surface area contributed by atoms with Gasteiger partial charge >= 0.3 is 0 Å². The first-order valence-electron chi connectivity index (χ1n) is 10.9. The summed E-state index contributed by atoms with van der Waals surface area (Å²) in [5, 5.41) is 15.1. The van der Waals surface area contributed by atoms with Gasteiger partial charge in [-0.2, -0.15) is 4.31 Å². The van der Waals surface area contributed by atoms with Crippen LogP contribution in [0.3, 0.4) is 0 Å². The van der Waals surface area contributed by atoms with E-state index in [1.54, 1.807) is 4.31 Å². The molecule has 0 aromatic carbocycles. The average Bonchev–Trinajstić information content (AvgIpc) is 3.42. The highest BCUT2D eigenvalue weighted by molar-refractivity contribution is 14.0. The van der Waals surface area contributed by atoms with Crippen molar-refractivity contribution >= 4 is 40.0 Å². The van der Waals surface area contributed by atoms with Crippen LogP contribution in [0.5, 0.6) is 0 Å². The third kappa shape index (κ3) is 6.99. The molecule has 2 aliphatic rings. The summed E-state index contributed by atoms with van der Waals surface area (Å²) in [5.74, 6) is 2.34. The van der Waals surface area contributed by atoms with Gasteiger partial charge in [0.25, 0.3) is 0 Å². The fourth-order valence-corrected chi connectivity index (χ4v) is 5.52. The Bertz CT molecular complexity index is 844. The monoisotopic (exact) mass is 568 g/mol. The van der Waals surface area contributed by atoms with Crippen LogP contribution in [0.25, 0.3) is 0 Å². The van der Waals surface area contributed by atoms with E-state index >= 15 is 0 Å². The number of guanidine groups is 1. The second-order valence-corrected chi connectivity index (χ2v) is 10.2. The highest BCUT2D eigenvalue weighted by Gasteiger charge is 2.31. The minimum Gasteiger partial charge on any atom is -0.355 e. The van der Waals surface area contributed by atoms with Gasteiger partial charge in [0.1, 0.15) is 12.4 Å². The maximum absolute atomic E-state index is 12.0. The second-order valence-electron chi connectivity index (χ2n) is 8.24. The van der Waals surface area contributed by atoms with Crippen LogP contribution in [0, 0.1) is 6.92 Å². The first-order valence-corrected chi connectivity index (χ1v) is 12.7. The highest BCUT2D eigenvalue weighted by atomic mass is 127. The summed E-state index contributed by atoms with van der Waals surface area (Å²) in [7, 11) is -1.26. The molecule has 0 radical (unpaired) electrons. The number of aromatic nitrogens is 3. The van der Waals surface area contributed by atoms with E-state index in [2.05, 4.69) is 32.7 Å². The van der Waals surface area contributed by atoms with Crippen molar-refractivity contribution in [3.8, 4) is 0 Å². The average molecular weight is 569 g/mol. The Hall–Kier alpha value is -0.990. The Morgan fingerprint density at radius 1 is 1.13 bits per heavy atom. The molecule has 1 aromatic rings. The molecule has 3 heterocycles. The molecule has 0 aliphatic carbocycles. The van der Waals surface area contributed by atoms with Crippen molar-refractivity contribution in [2.24, 2.45) is 12.0 Å². The second kappa shape index (κ2) is 11.8. The lowest BCUT2D eigenvalue weighted by atomic mass is 10.2. The molecule has 1 aromatic heterocycles. The van der Waals surface area contributed by atoms with Crippen LogP contribution in [0.1, 0.15) is 44.3 Å². The van der Waals surface area contributed by atoms with E-state index < -0.39 is 10.0 Å². The first-order chi connectivity index (χ1) is 14.3. The lowest BCUT2D eigenvalue weighted by molar-refractivity contribution is 0.267. The van der Waals surface area contributed by atoms with Gasteiger partial charge in [0.15, 0.2) is 11.8 Å². The van der Waals surface area contributed by atoms with E-state index in [4.69, 9.17) is 4.99 Å². The summed E-state index contributed by atoms with van der Waals surface area (Å²) in [6.45, 7) is 8.67. The number of likely N-dealkylation sites (tertiary alicyclic amines) is 1. The summed E-state index contributed by atoms with van der Waals surface area (Å²) in [6, 6.07) is 0.459. The van der Waals surface area contributed by atoms with Crippen molar-refractivity contribution in [2.45, 2.75) is 58.2 Å². The standard InChI is InChI=1S/C19H36N8O2S.HI/c1-5-26-10-6-8-16(26)12-20-19(22-14-18-24-23-15(2)25(18)3)21-13-17-9-7-11-27(17)30(4,28)29;/h16-17H,5-14H2,1-4H3,(H2,20,21,22);1H/t16?,17-;/m1./s1. The van der Waals surface area contributed by atoms with Crippen LogP contribution >= 0.6 is 24.0 Å². The zero-order chi connectivity index (χ0) is 21.7. The lowest BCUT2D eigenvalue weighted by Gasteiger charge is -2.26. The molecule has 2 atom stereocenters. The molecule has 3 rings (SSSR count). The summed E-state index contributed by atoms with van der Waals surface area (Å²) in [5.41, 5.74) is 0. The Morgan fingerprint density at radius 3 is 2.39 bits per heavy atom. The van der Waals surface area contributed by atoms with Gasteiger partial charge < -0.3 is 15.2 Å². The molecular weight excluding hydrogens is 531 g/mol. The van der Waals surface area contributed by atoms with Crippen LogP contribution in [-0.2, 0) is 23.6 Å². The predicted octanol–water partition coefficient (Wildman–Crippen LogP) is 0.685. The third-order valence-electron chi connectivity index (χ3n) is 6.23. The number of aryl methyl sites for hydroxylation is 1. The molecule has 0 saturated carbocycles.